The van der Waals surface area contributed by atoms with Crippen LogP contribution in [0, 0.1) is 35.0 Å². The Balaban J connectivity index is 1.73. The topological polar surface area (TPSA) is 115 Å². The van der Waals surface area contributed by atoms with Crippen LogP contribution in [0.3, 0.4) is 0 Å². The van der Waals surface area contributed by atoms with E-state index in [0.717, 1.165) is 48.3 Å². The largest absolute Gasteiger partial charge is 0.507 e. The van der Waals surface area contributed by atoms with Crippen molar-refractivity contribution >= 4 is 27.6 Å². The summed E-state index contributed by atoms with van der Waals surface area (Å²) in [6, 6.07) is 10.6. The second kappa shape index (κ2) is 14.2. The van der Waals surface area contributed by atoms with Gasteiger partial charge in [-0.3, -0.25) is 4.79 Å². The van der Waals surface area contributed by atoms with Gasteiger partial charge in [0.25, 0.3) is 0 Å². The van der Waals surface area contributed by atoms with Crippen molar-refractivity contribution in [3.63, 3.8) is 0 Å². The smallest absolute Gasteiger partial charge is 0.339 e. The van der Waals surface area contributed by atoms with E-state index < -0.39 is 86.2 Å². The number of benzene rings is 3. The van der Waals surface area contributed by atoms with Gasteiger partial charge in [0.05, 0.1) is 13.1 Å². The number of halogens is 5. The van der Waals surface area contributed by atoms with Gasteiger partial charge in [-0.2, -0.15) is 4.31 Å². The third-order valence-corrected chi connectivity index (χ3v) is 9.70. The number of sulfonamides is 1. The van der Waals surface area contributed by atoms with Gasteiger partial charge in [-0.15, -0.1) is 0 Å². The molecule has 0 bridgehead atoms. The molecule has 0 aliphatic heterocycles. The molecule has 1 saturated carbocycles. The zero-order valence-electron chi connectivity index (χ0n) is 25.1. The number of phenols is 1. The zero-order valence-corrected chi connectivity index (χ0v) is 25.9. The third kappa shape index (κ3) is 7.33. The van der Waals surface area contributed by atoms with Crippen molar-refractivity contribution in [2.24, 2.45) is 5.92 Å². The predicted molar refractivity (Wildman–Crippen MR) is 158 cm³/mol. The number of anilines is 1. The molecule has 3 aromatic rings. The zero-order chi connectivity index (χ0) is 33.9. The van der Waals surface area contributed by atoms with Gasteiger partial charge in [0, 0.05) is 18.3 Å². The minimum absolute atomic E-state index is 0.0398. The highest BCUT2D eigenvalue weighted by Crippen LogP contribution is 2.34. The van der Waals surface area contributed by atoms with Gasteiger partial charge in [-0.05, 0) is 47.9 Å². The van der Waals surface area contributed by atoms with Crippen molar-refractivity contribution in [2.45, 2.75) is 63.3 Å². The highest BCUT2D eigenvalue weighted by atomic mass is 32.2. The predicted octanol–water partition coefficient (Wildman–Crippen LogP) is 6.71. The molecule has 2 N–H and O–H groups in total. The van der Waals surface area contributed by atoms with Crippen molar-refractivity contribution < 1.29 is 50.2 Å². The normalized spacial score (nSPS) is 14.2. The van der Waals surface area contributed by atoms with Crippen molar-refractivity contribution in [2.75, 3.05) is 18.0 Å². The van der Waals surface area contributed by atoms with E-state index in [1.54, 1.807) is 12.1 Å². The van der Waals surface area contributed by atoms with E-state index in [4.69, 9.17) is 0 Å². The Morgan fingerprint density at radius 3 is 1.96 bits per heavy atom. The number of carboxylic acid groups (broad SMARTS) is 1. The van der Waals surface area contributed by atoms with Crippen LogP contribution in [-0.2, 0) is 21.4 Å². The minimum Gasteiger partial charge on any atom is -0.507 e. The highest BCUT2D eigenvalue weighted by molar-refractivity contribution is 7.89. The summed E-state index contributed by atoms with van der Waals surface area (Å²) in [5.41, 5.74) is 1.18. The molecule has 0 atom stereocenters. The number of hydrogen-bond donors (Lipinski definition) is 2. The maximum atomic E-state index is 14.7. The number of hydrogen-bond acceptors (Lipinski definition) is 5. The first kappa shape index (κ1) is 34.8. The maximum Gasteiger partial charge on any atom is 0.339 e. The van der Waals surface area contributed by atoms with E-state index >= 15 is 0 Å². The molecule has 46 heavy (non-hydrogen) atoms. The Kier molecular flexibility index (Phi) is 10.7. The van der Waals surface area contributed by atoms with Crippen LogP contribution in [0.15, 0.2) is 47.4 Å². The second-order valence-electron chi connectivity index (χ2n) is 11.7. The Labute approximate surface area is 263 Å². The molecular formula is C32H33F5N2O6S. The number of carboxylic acids is 1. The Morgan fingerprint density at radius 1 is 0.870 bits per heavy atom. The van der Waals surface area contributed by atoms with Crippen molar-refractivity contribution in [1.82, 2.24) is 4.31 Å². The van der Waals surface area contributed by atoms with Crippen LogP contribution in [0.2, 0.25) is 0 Å². The molecule has 0 aromatic heterocycles. The molecule has 4 rings (SSSR count). The standard InChI is InChI=1S/C32H33F5N2O6S/c1-18(2)15-38(46(44,45)31-29(36)27(34)26(33)28(35)30(31)37)17-25(41)39(22-12-13-23(32(42)43)24(40)14-22)16-19-8-10-21(11-9-19)20-6-4-3-5-7-20/h8-14,18,20,40H,3-7,15-17H2,1-2H3,(H,42,43). The molecular weight excluding hydrogens is 635 g/mol. The van der Waals surface area contributed by atoms with Crippen LogP contribution in [-0.4, -0.2) is 47.9 Å². The van der Waals surface area contributed by atoms with Crippen LogP contribution in [0.25, 0.3) is 0 Å². The van der Waals surface area contributed by atoms with Crippen LogP contribution in [0.4, 0.5) is 27.6 Å². The summed E-state index contributed by atoms with van der Waals surface area (Å²) < 4.78 is 98.3. The lowest BCUT2D eigenvalue weighted by atomic mass is 9.84. The lowest BCUT2D eigenvalue weighted by Gasteiger charge is -2.29. The van der Waals surface area contributed by atoms with Crippen molar-refractivity contribution in [1.29, 1.82) is 0 Å². The molecule has 1 aliphatic carbocycles. The molecule has 1 amide bonds. The average Bonchev–Trinajstić information content (AvgIpc) is 3.01. The lowest BCUT2D eigenvalue weighted by molar-refractivity contribution is -0.119. The number of aromatic carboxylic acids is 1. The fourth-order valence-electron chi connectivity index (χ4n) is 5.54. The fraction of sp³-hybridized carbons (Fsp3) is 0.375. The molecule has 0 unspecified atom stereocenters. The summed E-state index contributed by atoms with van der Waals surface area (Å²) in [4.78, 5) is 24.2. The number of aromatic hydroxyl groups is 1. The number of carbonyl (C=O) groups is 2. The molecule has 3 aromatic carbocycles. The summed E-state index contributed by atoms with van der Waals surface area (Å²) in [7, 11) is -5.49. The summed E-state index contributed by atoms with van der Waals surface area (Å²) in [6.07, 6.45) is 5.49. The second-order valence-corrected chi connectivity index (χ2v) is 13.5. The minimum atomic E-state index is -5.49. The SMILES string of the molecule is CC(C)CN(CC(=O)N(Cc1ccc(C2CCCCC2)cc1)c1ccc(C(=O)O)c(O)c1)S(=O)(=O)c1c(F)c(F)c(F)c(F)c1F. The number of nitrogens with zero attached hydrogens (tertiary/aromatic N) is 2. The van der Waals surface area contributed by atoms with Crippen LogP contribution < -0.4 is 4.90 Å². The first-order chi connectivity index (χ1) is 21.6. The number of rotatable bonds is 11. The van der Waals surface area contributed by atoms with Gasteiger partial charge in [-0.25, -0.2) is 35.2 Å². The van der Waals surface area contributed by atoms with Gasteiger partial charge in [-0.1, -0.05) is 57.4 Å². The molecule has 1 aliphatic rings. The average molecular weight is 669 g/mol. The lowest BCUT2D eigenvalue weighted by Crippen LogP contribution is -2.44. The first-order valence-electron chi connectivity index (χ1n) is 14.6. The quantitative estimate of drug-likeness (QED) is 0.133. The molecule has 0 radical (unpaired) electrons. The summed E-state index contributed by atoms with van der Waals surface area (Å²) >= 11 is 0. The molecule has 14 heteroatoms. The highest BCUT2D eigenvalue weighted by Gasteiger charge is 2.39. The Morgan fingerprint density at radius 2 is 1.43 bits per heavy atom. The summed E-state index contributed by atoms with van der Waals surface area (Å²) in [5.74, 6) is -15.9. The van der Waals surface area contributed by atoms with E-state index in [2.05, 4.69) is 0 Å². The molecule has 1 fully saturated rings. The van der Waals surface area contributed by atoms with Gasteiger partial charge in [0.1, 0.15) is 11.3 Å². The van der Waals surface area contributed by atoms with E-state index in [1.165, 1.54) is 26.3 Å². The molecule has 248 valence electrons. The van der Waals surface area contributed by atoms with Crippen LogP contribution >= 0.6 is 0 Å². The summed E-state index contributed by atoms with van der Waals surface area (Å²) in [5, 5.41) is 19.7. The van der Waals surface area contributed by atoms with Gasteiger partial charge in [0.2, 0.25) is 21.7 Å². The van der Waals surface area contributed by atoms with Crippen molar-refractivity contribution in [3.05, 3.63) is 88.2 Å². The van der Waals surface area contributed by atoms with Crippen LogP contribution in [0.1, 0.15) is 73.4 Å². The maximum absolute atomic E-state index is 14.7. The Hall–Kier alpha value is -4.04. The third-order valence-electron chi connectivity index (χ3n) is 7.87. The molecule has 0 saturated heterocycles. The molecule has 8 nitrogen and oxygen atoms in total. The van der Waals surface area contributed by atoms with E-state index in [0.29, 0.717) is 15.8 Å². The van der Waals surface area contributed by atoms with E-state index in [1.807, 2.05) is 12.1 Å². The van der Waals surface area contributed by atoms with Gasteiger partial charge >= 0.3 is 5.97 Å². The molecule has 0 spiro atoms. The number of amides is 1. The van der Waals surface area contributed by atoms with Crippen LogP contribution in [0.5, 0.6) is 5.75 Å². The summed E-state index contributed by atoms with van der Waals surface area (Å²) in [6.45, 7) is 1.19. The van der Waals surface area contributed by atoms with Crippen molar-refractivity contribution in [3.8, 4) is 5.75 Å². The first-order valence-corrected chi connectivity index (χ1v) is 16.0. The van der Waals surface area contributed by atoms with E-state index in [9.17, 15) is 50.2 Å². The Bertz CT molecular complexity index is 1700. The number of carbonyl (C=O) groups excluding carboxylic acids is 1. The monoisotopic (exact) mass is 668 g/mol. The molecule has 0 heterocycles. The van der Waals surface area contributed by atoms with E-state index in [-0.39, 0.29) is 12.2 Å². The fourth-order valence-corrected chi connectivity index (χ4v) is 7.20. The van der Waals surface area contributed by atoms with Gasteiger partial charge < -0.3 is 15.1 Å². The van der Waals surface area contributed by atoms with Gasteiger partial charge in [0.15, 0.2) is 28.2 Å².